The fourth-order valence-corrected chi connectivity index (χ4v) is 2.90. The van der Waals surface area contributed by atoms with Crippen LogP contribution in [0.1, 0.15) is 21.5 Å². The topological polar surface area (TPSA) is 77.8 Å². The summed E-state index contributed by atoms with van der Waals surface area (Å²) in [5, 5.41) is 3.48. The highest BCUT2D eigenvalue weighted by atomic mass is 16.5. The van der Waals surface area contributed by atoms with Gasteiger partial charge in [-0.15, -0.1) is 0 Å². The van der Waals surface area contributed by atoms with E-state index in [1.165, 1.54) is 0 Å². The van der Waals surface area contributed by atoms with Gasteiger partial charge in [0.1, 0.15) is 11.1 Å². The first kappa shape index (κ1) is 18.5. The number of carbonyl (C=O) groups excluding carboxylic acids is 1. The zero-order valence-electron chi connectivity index (χ0n) is 15.5. The van der Waals surface area contributed by atoms with E-state index in [1.807, 2.05) is 43.3 Å². The molecule has 27 heavy (non-hydrogen) atoms. The first-order valence-corrected chi connectivity index (χ1v) is 8.56. The van der Waals surface area contributed by atoms with E-state index >= 15 is 0 Å². The minimum Gasteiger partial charge on any atom is -0.493 e. The fraction of sp³-hybridized carbons (Fsp3) is 0.238. The van der Waals surface area contributed by atoms with Gasteiger partial charge in [0.05, 0.1) is 14.2 Å². The van der Waals surface area contributed by atoms with E-state index < -0.39 is 11.5 Å². The highest BCUT2D eigenvalue weighted by Crippen LogP contribution is 2.27. The van der Waals surface area contributed by atoms with Crippen LogP contribution in [0.15, 0.2) is 51.7 Å². The molecule has 6 nitrogen and oxygen atoms in total. The van der Waals surface area contributed by atoms with Gasteiger partial charge in [-0.2, -0.15) is 0 Å². The molecule has 6 heteroatoms. The Hall–Kier alpha value is -3.28. The number of para-hydroxylation sites is 1. The molecule has 0 aliphatic carbocycles. The molecular weight excluding hydrogens is 346 g/mol. The number of amides is 1. The predicted molar refractivity (Wildman–Crippen MR) is 103 cm³/mol. The smallest absolute Gasteiger partial charge is 0.349 e. The van der Waals surface area contributed by atoms with Gasteiger partial charge in [0.25, 0.3) is 5.91 Å². The molecule has 140 valence electrons. The summed E-state index contributed by atoms with van der Waals surface area (Å²) in [4.78, 5) is 24.5. The van der Waals surface area contributed by atoms with Crippen molar-refractivity contribution in [2.24, 2.45) is 0 Å². The number of aryl methyl sites for hydroxylation is 1. The lowest BCUT2D eigenvalue weighted by Gasteiger charge is -2.10. The summed E-state index contributed by atoms with van der Waals surface area (Å²) in [5.74, 6) is 0.828. The number of fused-ring (bicyclic) bond motifs is 1. The molecule has 1 heterocycles. The Bertz CT molecular complexity index is 1040. The van der Waals surface area contributed by atoms with Crippen molar-refractivity contribution in [2.75, 3.05) is 20.8 Å². The first-order valence-electron chi connectivity index (χ1n) is 8.56. The Labute approximate surface area is 156 Å². The standard InChI is InChI=1S/C21H21NO5/c1-13-5-4-6-15-12-16(21(24)27-19(13)15)20(23)22-10-9-14-7-8-17(25-2)18(11-14)26-3/h4-8,11-12H,9-10H2,1-3H3,(H,22,23). The normalized spacial score (nSPS) is 10.6. The van der Waals surface area contributed by atoms with Gasteiger partial charge in [-0.05, 0) is 42.7 Å². The van der Waals surface area contributed by atoms with Gasteiger partial charge in [0, 0.05) is 11.9 Å². The Balaban J connectivity index is 1.70. The highest BCUT2D eigenvalue weighted by Gasteiger charge is 2.14. The van der Waals surface area contributed by atoms with E-state index in [-0.39, 0.29) is 5.56 Å². The molecule has 0 atom stereocenters. The summed E-state index contributed by atoms with van der Waals surface area (Å²) < 4.78 is 15.8. The lowest BCUT2D eigenvalue weighted by atomic mass is 10.1. The second kappa shape index (κ2) is 7.95. The number of rotatable bonds is 6. The molecule has 0 aliphatic heterocycles. The maximum absolute atomic E-state index is 12.4. The van der Waals surface area contributed by atoms with Crippen molar-refractivity contribution in [3.05, 3.63) is 69.6 Å². The molecule has 0 radical (unpaired) electrons. The second-order valence-electron chi connectivity index (χ2n) is 6.14. The zero-order valence-corrected chi connectivity index (χ0v) is 15.5. The summed E-state index contributed by atoms with van der Waals surface area (Å²) in [7, 11) is 3.15. The number of hydrogen-bond donors (Lipinski definition) is 1. The Morgan fingerprint density at radius 1 is 1.07 bits per heavy atom. The van der Waals surface area contributed by atoms with Crippen LogP contribution in [-0.2, 0) is 6.42 Å². The fourth-order valence-electron chi connectivity index (χ4n) is 2.90. The molecule has 0 saturated carbocycles. The van der Waals surface area contributed by atoms with Gasteiger partial charge in [0.15, 0.2) is 11.5 Å². The molecule has 0 saturated heterocycles. The van der Waals surface area contributed by atoms with E-state index in [4.69, 9.17) is 13.9 Å². The number of carbonyl (C=O) groups is 1. The summed E-state index contributed by atoms with van der Waals surface area (Å²) in [6.45, 7) is 2.23. The lowest BCUT2D eigenvalue weighted by Crippen LogP contribution is -2.29. The molecule has 0 fully saturated rings. The number of benzene rings is 2. The Kier molecular flexibility index (Phi) is 5.45. The van der Waals surface area contributed by atoms with Gasteiger partial charge < -0.3 is 19.2 Å². The van der Waals surface area contributed by atoms with Crippen LogP contribution in [0.25, 0.3) is 11.0 Å². The maximum Gasteiger partial charge on any atom is 0.349 e. The van der Waals surface area contributed by atoms with Crippen molar-refractivity contribution in [3.63, 3.8) is 0 Å². The van der Waals surface area contributed by atoms with Crippen LogP contribution in [0.5, 0.6) is 11.5 Å². The second-order valence-corrected chi connectivity index (χ2v) is 6.14. The van der Waals surface area contributed by atoms with Crippen molar-refractivity contribution in [3.8, 4) is 11.5 Å². The minimum absolute atomic E-state index is 0.000381. The Morgan fingerprint density at radius 2 is 1.85 bits per heavy atom. The van der Waals surface area contributed by atoms with Crippen LogP contribution >= 0.6 is 0 Å². The average molecular weight is 367 g/mol. The molecule has 1 N–H and O–H groups in total. The first-order chi connectivity index (χ1) is 13.0. The SMILES string of the molecule is COc1ccc(CCNC(=O)c2cc3cccc(C)c3oc2=O)cc1OC. The summed E-state index contributed by atoms with van der Waals surface area (Å²) in [6.07, 6.45) is 0.587. The molecule has 0 unspecified atom stereocenters. The molecule has 0 bridgehead atoms. The number of hydrogen-bond acceptors (Lipinski definition) is 5. The zero-order chi connectivity index (χ0) is 19.4. The van der Waals surface area contributed by atoms with Gasteiger partial charge in [0.2, 0.25) is 0 Å². The third kappa shape index (κ3) is 3.95. The van der Waals surface area contributed by atoms with Crippen LogP contribution in [0.3, 0.4) is 0 Å². The molecule has 3 aromatic rings. The third-order valence-electron chi connectivity index (χ3n) is 4.35. The lowest BCUT2D eigenvalue weighted by molar-refractivity contribution is 0.0950. The molecule has 1 aromatic heterocycles. The summed E-state index contributed by atoms with van der Waals surface area (Å²) in [6, 6.07) is 12.7. The molecule has 2 aromatic carbocycles. The molecule has 3 rings (SSSR count). The number of nitrogens with one attached hydrogen (secondary N) is 1. The molecule has 0 spiro atoms. The van der Waals surface area contributed by atoms with Crippen LogP contribution in [0.4, 0.5) is 0 Å². The van der Waals surface area contributed by atoms with E-state index in [9.17, 15) is 9.59 Å². The monoisotopic (exact) mass is 367 g/mol. The molecule has 0 aliphatic rings. The van der Waals surface area contributed by atoms with E-state index in [0.29, 0.717) is 30.0 Å². The third-order valence-corrected chi connectivity index (χ3v) is 4.35. The maximum atomic E-state index is 12.4. The van der Waals surface area contributed by atoms with Crippen molar-refractivity contribution < 1.29 is 18.7 Å². The van der Waals surface area contributed by atoms with E-state index in [0.717, 1.165) is 16.5 Å². The summed E-state index contributed by atoms with van der Waals surface area (Å²) >= 11 is 0. The van der Waals surface area contributed by atoms with Crippen molar-refractivity contribution in [1.29, 1.82) is 0 Å². The van der Waals surface area contributed by atoms with Crippen LogP contribution in [-0.4, -0.2) is 26.7 Å². The van der Waals surface area contributed by atoms with Crippen LogP contribution in [0.2, 0.25) is 0 Å². The van der Waals surface area contributed by atoms with Crippen LogP contribution in [0, 0.1) is 6.92 Å². The van der Waals surface area contributed by atoms with Gasteiger partial charge in [-0.25, -0.2) is 4.79 Å². The summed E-state index contributed by atoms with van der Waals surface area (Å²) in [5.41, 5.74) is 1.70. The Morgan fingerprint density at radius 3 is 2.59 bits per heavy atom. The average Bonchev–Trinajstić information content (AvgIpc) is 2.68. The van der Waals surface area contributed by atoms with Crippen molar-refractivity contribution in [2.45, 2.75) is 13.3 Å². The van der Waals surface area contributed by atoms with Crippen LogP contribution < -0.4 is 20.4 Å². The van der Waals surface area contributed by atoms with Gasteiger partial charge in [-0.1, -0.05) is 24.3 Å². The number of ether oxygens (including phenoxy) is 2. The number of methoxy groups -OCH3 is 2. The quantitative estimate of drug-likeness (QED) is 0.678. The largest absolute Gasteiger partial charge is 0.493 e. The highest BCUT2D eigenvalue weighted by molar-refractivity contribution is 5.96. The van der Waals surface area contributed by atoms with Crippen molar-refractivity contribution in [1.82, 2.24) is 5.32 Å². The van der Waals surface area contributed by atoms with Gasteiger partial charge in [-0.3, -0.25) is 4.79 Å². The van der Waals surface area contributed by atoms with Crippen molar-refractivity contribution >= 4 is 16.9 Å². The van der Waals surface area contributed by atoms with E-state index in [1.54, 1.807) is 20.3 Å². The minimum atomic E-state index is -0.639. The molecular formula is C21H21NO5. The van der Waals surface area contributed by atoms with Gasteiger partial charge >= 0.3 is 5.63 Å². The van der Waals surface area contributed by atoms with E-state index in [2.05, 4.69) is 5.32 Å². The predicted octanol–water partition coefficient (Wildman–Crippen LogP) is 3.09. The molecule has 1 amide bonds.